The molecule has 0 aliphatic carbocycles. The van der Waals surface area contributed by atoms with Crippen molar-refractivity contribution < 1.29 is 4.79 Å². The summed E-state index contributed by atoms with van der Waals surface area (Å²) in [6.07, 6.45) is 0. The summed E-state index contributed by atoms with van der Waals surface area (Å²) in [5.41, 5.74) is 1.43. The lowest BCUT2D eigenvalue weighted by Crippen LogP contribution is -2.19. The quantitative estimate of drug-likeness (QED) is 0.596. The molecule has 2 rings (SSSR count). The highest BCUT2D eigenvalue weighted by Gasteiger charge is 2.26. The van der Waals surface area contributed by atoms with Crippen molar-refractivity contribution in [2.45, 2.75) is 10.8 Å². The Balaban J connectivity index is 2.17. The van der Waals surface area contributed by atoms with E-state index in [4.69, 9.17) is 23.2 Å². The molecule has 92 valence electrons. The predicted octanol–water partition coefficient (Wildman–Crippen LogP) is 4.46. The van der Waals surface area contributed by atoms with E-state index < -0.39 is 10.8 Å². The number of ketones is 1. The van der Waals surface area contributed by atoms with Crippen LogP contribution in [0.4, 0.5) is 0 Å². The van der Waals surface area contributed by atoms with Crippen molar-refractivity contribution in [3.8, 4) is 0 Å². The Labute approximate surface area is 116 Å². The van der Waals surface area contributed by atoms with E-state index in [2.05, 4.69) is 0 Å². The van der Waals surface area contributed by atoms with Crippen LogP contribution in [0, 0.1) is 0 Å². The minimum Gasteiger partial charge on any atom is -0.292 e. The number of halogens is 2. The van der Waals surface area contributed by atoms with Gasteiger partial charge in [-0.15, -0.1) is 23.2 Å². The first-order valence-electron chi connectivity index (χ1n) is 5.62. The van der Waals surface area contributed by atoms with E-state index in [9.17, 15) is 4.79 Å². The molecule has 0 spiro atoms. The molecular formula is C15H12Cl2O. The van der Waals surface area contributed by atoms with Crippen LogP contribution in [-0.2, 0) is 0 Å². The highest BCUT2D eigenvalue weighted by molar-refractivity contribution is 6.39. The molecule has 0 fully saturated rings. The zero-order valence-electron chi connectivity index (χ0n) is 9.59. The van der Waals surface area contributed by atoms with Crippen molar-refractivity contribution in [2.75, 3.05) is 0 Å². The van der Waals surface area contributed by atoms with Crippen molar-refractivity contribution in [2.24, 2.45) is 0 Å². The van der Waals surface area contributed by atoms with E-state index in [-0.39, 0.29) is 5.78 Å². The molecule has 18 heavy (non-hydrogen) atoms. The number of rotatable bonds is 4. The van der Waals surface area contributed by atoms with Gasteiger partial charge in [0.2, 0.25) is 0 Å². The first-order valence-corrected chi connectivity index (χ1v) is 6.50. The molecule has 2 aromatic rings. The van der Waals surface area contributed by atoms with Gasteiger partial charge in [0.25, 0.3) is 0 Å². The van der Waals surface area contributed by atoms with Gasteiger partial charge in [-0.3, -0.25) is 4.79 Å². The number of alkyl halides is 2. The van der Waals surface area contributed by atoms with Crippen LogP contribution in [0.25, 0.3) is 0 Å². The van der Waals surface area contributed by atoms with Crippen molar-refractivity contribution in [1.29, 1.82) is 0 Å². The maximum Gasteiger partial charge on any atom is 0.182 e. The molecule has 0 N–H and O–H groups in total. The fourth-order valence-electron chi connectivity index (χ4n) is 1.70. The Morgan fingerprint density at radius 1 is 0.833 bits per heavy atom. The topological polar surface area (TPSA) is 17.1 Å². The molecule has 1 nitrogen and oxygen atoms in total. The van der Waals surface area contributed by atoms with Gasteiger partial charge in [-0.1, -0.05) is 60.7 Å². The molecule has 2 atom stereocenters. The minimum absolute atomic E-state index is 0.152. The SMILES string of the molecule is O=C(c1ccccc1)C(Cl)C(Cl)c1ccccc1. The van der Waals surface area contributed by atoms with E-state index in [1.165, 1.54) is 0 Å². The molecule has 0 bridgehead atoms. The molecular weight excluding hydrogens is 267 g/mol. The van der Waals surface area contributed by atoms with Crippen molar-refractivity contribution in [3.63, 3.8) is 0 Å². The lowest BCUT2D eigenvalue weighted by molar-refractivity contribution is 0.0985. The summed E-state index contributed by atoms with van der Waals surface area (Å²) < 4.78 is 0. The van der Waals surface area contributed by atoms with Crippen LogP contribution in [0.5, 0.6) is 0 Å². The minimum atomic E-state index is -0.767. The number of carbonyl (C=O) groups is 1. The molecule has 0 aromatic heterocycles. The van der Waals surface area contributed by atoms with Crippen LogP contribution in [0.1, 0.15) is 21.3 Å². The van der Waals surface area contributed by atoms with Gasteiger partial charge < -0.3 is 0 Å². The molecule has 2 unspecified atom stereocenters. The normalized spacial score (nSPS) is 13.9. The van der Waals surface area contributed by atoms with Gasteiger partial charge in [-0.2, -0.15) is 0 Å². The van der Waals surface area contributed by atoms with Gasteiger partial charge in [0.1, 0.15) is 5.38 Å². The van der Waals surface area contributed by atoms with Gasteiger partial charge >= 0.3 is 0 Å². The van der Waals surface area contributed by atoms with Gasteiger partial charge in [0.15, 0.2) is 5.78 Å². The number of carbonyl (C=O) groups excluding carboxylic acids is 1. The maximum atomic E-state index is 12.1. The Morgan fingerprint density at radius 2 is 1.33 bits per heavy atom. The Morgan fingerprint density at radius 3 is 1.89 bits per heavy atom. The van der Waals surface area contributed by atoms with Gasteiger partial charge in [0, 0.05) is 5.56 Å². The van der Waals surface area contributed by atoms with Crippen LogP contribution in [0.2, 0.25) is 0 Å². The van der Waals surface area contributed by atoms with Gasteiger partial charge in [-0.05, 0) is 5.56 Å². The van der Waals surface area contributed by atoms with Crippen LogP contribution in [0.15, 0.2) is 60.7 Å². The summed E-state index contributed by atoms with van der Waals surface area (Å²) in [5, 5.41) is -1.29. The van der Waals surface area contributed by atoms with Crippen LogP contribution in [0.3, 0.4) is 0 Å². The molecule has 0 saturated heterocycles. The third-order valence-electron chi connectivity index (χ3n) is 2.68. The fraction of sp³-hybridized carbons (Fsp3) is 0.133. The van der Waals surface area contributed by atoms with Gasteiger partial charge in [0.05, 0.1) is 5.38 Å². The monoisotopic (exact) mass is 278 g/mol. The molecule has 0 aliphatic rings. The maximum absolute atomic E-state index is 12.1. The molecule has 0 heterocycles. The lowest BCUT2D eigenvalue weighted by Gasteiger charge is -2.15. The predicted molar refractivity (Wildman–Crippen MR) is 75.4 cm³/mol. The van der Waals surface area contributed by atoms with Crippen molar-refractivity contribution in [1.82, 2.24) is 0 Å². The first kappa shape index (κ1) is 13.1. The fourth-order valence-corrected chi connectivity index (χ4v) is 2.23. The zero-order valence-corrected chi connectivity index (χ0v) is 11.1. The number of hydrogen-bond acceptors (Lipinski definition) is 1. The largest absolute Gasteiger partial charge is 0.292 e. The third-order valence-corrected chi connectivity index (χ3v) is 3.77. The summed E-state index contributed by atoms with van der Waals surface area (Å²) >= 11 is 12.4. The molecule has 0 amide bonds. The molecule has 0 radical (unpaired) electrons. The zero-order chi connectivity index (χ0) is 13.0. The standard InChI is InChI=1S/C15H12Cl2O/c16-13(11-7-3-1-4-8-11)14(17)15(18)12-9-5-2-6-10-12/h1-10,13-14H. The second kappa shape index (κ2) is 6.03. The van der Waals surface area contributed by atoms with E-state index in [1.54, 1.807) is 12.1 Å². The van der Waals surface area contributed by atoms with E-state index in [1.807, 2.05) is 48.5 Å². The number of benzene rings is 2. The Kier molecular flexibility index (Phi) is 4.40. The van der Waals surface area contributed by atoms with Gasteiger partial charge in [-0.25, -0.2) is 0 Å². The van der Waals surface area contributed by atoms with E-state index in [0.29, 0.717) is 5.56 Å². The van der Waals surface area contributed by atoms with E-state index >= 15 is 0 Å². The lowest BCUT2D eigenvalue weighted by atomic mass is 10.0. The van der Waals surface area contributed by atoms with Crippen molar-refractivity contribution in [3.05, 3.63) is 71.8 Å². The van der Waals surface area contributed by atoms with Crippen LogP contribution >= 0.6 is 23.2 Å². The Hall–Kier alpha value is -1.31. The number of hydrogen-bond donors (Lipinski definition) is 0. The summed E-state index contributed by atoms with van der Waals surface area (Å²) in [7, 11) is 0. The summed E-state index contributed by atoms with van der Waals surface area (Å²) in [6.45, 7) is 0. The highest BCUT2D eigenvalue weighted by atomic mass is 35.5. The second-order valence-corrected chi connectivity index (χ2v) is 4.88. The molecule has 2 aromatic carbocycles. The van der Waals surface area contributed by atoms with E-state index in [0.717, 1.165) is 5.56 Å². The first-order chi connectivity index (χ1) is 8.70. The molecule has 0 saturated carbocycles. The second-order valence-electron chi connectivity index (χ2n) is 3.94. The third kappa shape index (κ3) is 2.92. The number of Topliss-reactive ketones (excluding diaryl/α,β-unsaturated/α-hetero) is 1. The highest BCUT2D eigenvalue weighted by Crippen LogP contribution is 2.30. The molecule has 0 aliphatic heterocycles. The molecule has 3 heteroatoms. The average Bonchev–Trinajstić information content (AvgIpc) is 2.47. The summed E-state index contributed by atoms with van der Waals surface area (Å²) in [4.78, 5) is 12.1. The summed E-state index contributed by atoms with van der Waals surface area (Å²) in [6, 6.07) is 18.3. The van der Waals surface area contributed by atoms with Crippen LogP contribution < -0.4 is 0 Å². The Bertz CT molecular complexity index is 511. The average molecular weight is 279 g/mol. The van der Waals surface area contributed by atoms with Crippen molar-refractivity contribution >= 4 is 29.0 Å². The smallest absolute Gasteiger partial charge is 0.182 e. The van der Waals surface area contributed by atoms with Crippen LogP contribution in [-0.4, -0.2) is 11.2 Å². The summed E-state index contributed by atoms with van der Waals surface area (Å²) in [5.74, 6) is -0.152.